The van der Waals surface area contributed by atoms with E-state index in [1.807, 2.05) is 12.1 Å². The largest absolute Gasteiger partial charge is 0.256 e. The van der Waals surface area contributed by atoms with E-state index in [1.54, 1.807) is 12.3 Å². The van der Waals surface area contributed by atoms with Gasteiger partial charge in [0.15, 0.2) is 0 Å². The molecule has 0 saturated carbocycles. The Balaban J connectivity index is 2.94. The summed E-state index contributed by atoms with van der Waals surface area (Å²) >= 11 is 5.99. The van der Waals surface area contributed by atoms with Crippen molar-refractivity contribution in [1.29, 1.82) is 0 Å². The molecule has 0 bridgehead atoms. The molecule has 0 amide bonds. The smallest absolute Gasteiger partial charge is 0.0719 e. The fourth-order valence-electron chi connectivity index (χ4n) is 1.21. The van der Waals surface area contributed by atoms with E-state index < -0.39 is 0 Å². The average Bonchev–Trinajstić information content (AvgIpc) is 2.15. The van der Waals surface area contributed by atoms with Crippen LogP contribution in [0.3, 0.4) is 0 Å². The molecule has 13 heavy (non-hydrogen) atoms. The van der Waals surface area contributed by atoms with Crippen LogP contribution < -0.4 is 0 Å². The molecule has 0 aliphatic heterocycles. The van der Waals surface area contributed by atoms with Crippen LogP contribution in [-0.2, 0) is 0 Å². The maximum atomic E-state index is 5.99. The zero-order valence-corrected chi connectivity index (χ0v) is 7.55. The van der Waals surface area contributed by atoms with Gasteiger partial charge >= 0.3 is 0 Å². The lowest BCUT2D eigenvalue weighted by atomic mass is 10.1. The van der Waals surface area contributed by atoms with Crippen molar-refractivity contribution in [2.45, 2.75) is 0 Å². The predicted molar refractivity (Wildman–Crippen MR) is 53.6 cm³/mol. The van der Waals surface area contributed by atoms with Gasteiger partial charge in [-0.15, -0.1) is 0 Å². The van der Waals surface area contributed by atoms with Gasteiger partial charge in [0.05, 0.1) is 10.5 Å². The minimum Gasteiger partial charge on any atom is -0.256 e. The minimum absolute atomic E-state index is 0.419. The van der Waals surface area contributed by atoms with Crippen LogP contribution in [0, 0.1) is 13.8 Å². The summed E-state index contributed by atoms with van der Waals surface area (Å²) in [6.07, 6.45) is 1.69. The number of rotatable bonds is 0. The third kappa shape index (κ3) is 1.29. The van der Waals surface area contributed by atoms with Crippen molar-refractivity contribution in [2.75, 3.05) is 0 Å². The lowest BCUT2D eigenvalue weighted by molar-refractivity contribution is 1.40. The summed E-state index contributed by atoms with van der Waals surface area (Å²) in [4.78, 5) is 4.12. The van der Waals surface area contributed by atoms with Crippen LogP contribution >= 0.6 is 11.6 Å². The summed E-state index contributed by atoms with van der Waals surface area (Å²) in [5, 5.41) is 1.30. The Kier molecular flexibility index (Phi) is 1.97. The van der Waals surface area contributed by atoms with Crippen molar-refractivity contribution >= 4 is 22.5 Å². The Morgan fingerprint density at radius 1 is 1.31 bits per heavy atom. The topological polar surface area (TPSA) is 12.9 Å². The Morgan fingerprint density at radius 3 is 2.85 bits per heavy atom. The van der Waals surface area contributed by atoms with Crippen molar-refractivity contribution in [2.24, 2.45) is 0 Å². The maximum absolute atomic E-state index is 5.99. The van der Waals surface area contributed by atoms with Crippen molar-refractivity contribution < 1.29 is 0 Å². The number of halogens is 1. The molecule has 0 saturated heterocycles. The molecule has 0 N–H and O–H groups in total. The van der Waals surface area contributed by atoms with Gasteiger partial charge in [-0.25, -0.2) is 0 Å². The van der Waals surface area contributed by atoms with Gasteiger partial charge in [0.1, 0.15) is 0 Å². The van der Waals surface area contributed by atoms with Crippen LogP contribution in [0.1, 0.15) is 11.1 Å². The summed E-state index contributed by atoms with van der Waals surface area (Å²) in [6.45, 7) is 11.3. The molecule has 2 heteroatoms. The lowest BCUT2D eigenvalue weighted by Gasteiger charge is -2.05. The Labute approximate surface area is 82.4 Å². The molecule has 1 nitrogen and oxygen atoms in total. The fourth-order valence-corrected chi connectivity index (χ4v) is 1.48. The van der Waals surface area contributed by atoms with E-state index in [0.29, 0.717) is 16.1 Å². The third-order valence-electron chi connectivity index (χ3n) is 1.91. The van der Waals surface area contributed by atoms with Crippen LogP contribution in [0.4, 0.5) is 0 Å². The Bertz CT molecular complexity index is 463. The molecule has 4 radical (unpaired) electrons. The third-order valence-corrected chi connectivity index (χ3v) is 2.32. The van der Waals surface area contributed by atoms with Crippen LogP contribution in [0.2, 0.25) is 5.02 Å². The van der Waals surface area contributed by atoms with E-state index >= 15 is 0 Å². The highest BCUT2D eigenvalue weighted by molar-refractivity contribution is 6.36. The van der Waals surface area contributed by atoms with Gasteiger partial charge in [0.25, 0.3) is 0 Å². The highest BCUT2D eigenvalue weighted by atomic mass is 35.5. The van der Waals surface area contributed by atoms with E-state index in [9.17, 15) is 0 Å². The molecule has 2 rings (SSSR count). The molecular weight excluding hydrogens is 182 g/mol. The molecule has 0 aliphatic rings. The summed E-state index contributed by atoms with van der Waals surface area (Å²) in [6, 6.07) is 5.39. The summed E-state index contributed by atoms with van der Waals surface area (Å²) < 4.78 is 0. The average molecular weight is 188 g/mol. The first-order valence-corrected chi connectivity index (χ1v) is 4.16. The molecule has 0 spiro atoms. The summed E-state index contributed by atoms with van der Waals surface area (Å²) in [7, 11) is 0. The number of pyridine rings is 1. The quantitative estimate of drug-likeness (QED) is 0.618. The summed E-state index contributed by atoms with van der Waals surface area (Å²) in [5.74, 6) is 0. The number of benzene rings is 1. The van der Waals surface area contributed by atoms with Crippen LogP contribution in [-0.4, -0.2) is 4.98 Å². The molecule has 1 aromatic carbocycles. The number of hydrogen-bond acceptors (Lipinski definition) is 1. The van der Waals surface area contributed by atoms with Gasteiger partial charge < -0.3 is 0 Å². The zero-order valence-electron chi connectivity index (χ0n) is 6.79. The molecule has 1 aromatic heterocycles. The van der Waals surface area contributed by atoms with Crippen molar-refractivity contribution in [3.05, 3.63) is 54.4 Å². The standard InChI is InChI=1S/C11H6ClN/c1-7-6-10-9(4-3-5-13-10)11(12)8(7)2/h1-6H. The first-order valence-electron chi connectivity index (χ1n) is 3.78. The van der Waals surface area contributed by atoms with Gasteiger partial charge in [-0.3, -0.25) is 4.98 Å². The van der Waals surface area contributed by atoms with Crippen LogP contribution in [0.5, 0.6) is 0 Å². The van der Waals surface area contributed by atoms with E-state index in [4.69, 9.17) is 25.4 Å². The highest BCUT2D eigenvalue weighted by Crippen LogP contribution is 2.27. The van der Waals surface area contributed by atoms with E-state index in [0.717, 1.165) is 10.9 Å². The van der Waals surface area contributed by atoms with Crippen LogP contribution in [0.25, 0.3) is 10.9 Å². The van der Waals surface area contributed by atoms with Gasteiger partial charge in [0, 0.05) is 18.5 Å². The van der Waals surface area contributed by atoms with E-state index in [1.165, 1.54) is 0 Å². The molecule has 62 valence electrons. The first-order chi connectivity index (χ1) is 6.20. The molecule has 0 aliphatic carbocycles. The lowest BCUT2D eigenvalue weighted by Crippen LogP contribution is -1.86. The first kappa shape index (κ1) is 8.52. The number of hydrogen-bond donors (Lipinski definition) is 0. The number of fused-ring (bicyclic) bond motifs is 1. The second-order valence-electron chi connectivity index (χ2n) is 2.76. The maximum Gasteiger partial charge on any atom is 0.0719 e. The molecule has 1 heterocycles. The zero-order chi connectivity index (χ0) is 9.42. The Morgan fingerprint density at radius 2 is 2.08 bits per heavy atom. The fraction of sp³-hybridized carbons (Fsp3) is 0. The van der Waals surface area contributed by atoms with Crippen molar-refractivity contribution in [3.63, 3.8) is 0 Å². The minimum atomic E-state index is 0.419. The van der Waals surface area contributed by atoms with Crippen LogP contribution in [0.15, 0.2) is 24.4 Å². The van der Waals surface area contributed by atoms with Crippen molar-refractivity contribution in [3.8, 4) is 0 Å². The monoisotopic (exact) mass is 187 g/mol. The SMILES string of the molecule is [CH]c1cc2ncccc2c(Cl)c1[CH]. The van der Waals surface area contributed by atoms with E-state index in [2.05, 4.69) is 4.98 Å². The van der Waals surface area contributed by atoms with Crippen molar-refractivity contribution in [1.82, 2.24) is 4.98 Å². The molecule has 0 atom stereocenters. The molecule has 2 aromatic rings. The van der Waals surface area contributed by atoms with E-state index in [-0.39, 0.29) is 0 Å². The summed E-state index contributed by atoms with van der Waals surface area (Å²) in [5.41, 5.74) is 1.65. The second-order valence-corrected chi connectivity index (χ2v) is 3.14. The number of nitrogens with zero attached hydrogens (tertiary/aromatic N) is 1. The van der Waals surface area contributed by atoms with Gasteiger partial charge in [-0.2, -0.15) is 0 Å². The molecule has 0 fully saturated rings. The predicted octanol–water partition coefficient (Wildman–Crippen LogP) is 3.01. The van der Waals surface area contributed by atoms with Gasteiger partial charge in [0.2, 0.25) is 0 Å². The Hall–Kier alpha value is -1.08. The second kappa shape index (κ2) is 3.00. The molecular formula is C11H6ClN. The van der Waals surface area contributed by atoms with Gasteiger partial charge in [-0.05, 0) is 36.2 Å². The normalized spacial score (nSPS) is 10.7. The van der Waals surface area contributed by atoms with Gasteiger partial charge in [-0.1, -0.05) is 11.6 Å². The highest BCUT2D eigenvalue weighted by Gasteiger charge is 2.05. The molecule has 0 unspecified atom stereocenters. The number of aromatic nitrogens is 1.